The number of rotatable bonds is 5. The summed E-state index contributed by atoms with van der Waals surface area (Å²) in [5.74, 6) is 0.740. The topological polar surface area (TPSA) is 47.3 Å². The van der Waals surface area contributed by atoms with Gasteiger partial charge in [0.15, 0.2) is 0 Å². The Kier molecular flexibility index (Phi) is 4.29. The van der Waals surface area contributed by atoms with Crippen LogP contribution in [-0.4, -0.2) is 13.2 Å². The molecule has 0 unspecified atom stereocenters. The number of nitrogen functional groups attached to an aromatic ring is 1. The van der Waals surface area contributed by atoms with Crippen LogP contribution in [0.3, 0.4) is 0 Å². The molecule has 0 fully saturated rings. The first kappa shape index (κ1) is 13.3. The van der Waals surface area contributed by atoms with Crippen LogP contribution < -0.4 is 15.8 Å². The van der Waals surface area contributed by atoms with Gasteiger partial charge in [0.25, 0.3) is 0 Å². The first-order valence-electron chi connectivity index (χ1n) is 6.45. The molecule has 0 radical (unpaired) electrons. The molecule has 0 spiro atoms. The standard InChI is InChI=1S/C16H20N2O/c1-12-7-8-14(11-13(12)2)18-9-10-19-16-6-4-3-5-15(16)17/h3-8,11,18H,9-10,17H2,1-2H3. The third-order valence-electron chi connectivity index (χ3n) is 3.11. The molecule has 0 saturated carbocycles. The van der Waals surface area contributed by atoms with Gasteiger partial charge in [-0.05, 0) is 49.2 Å². The van der Waals surface area contributed by atoms with Crippen molar-refractivity contribution in [2.24, 2.45) is 0 Å². The van der Waals surface area contributed by atoms with Crippen molar-refractivity contribution >= 4 is 11.4 Å². The van der Waals surface area contributed by atoms with Crippen molar-refractivity contribution in [2.45, 2.75) is 13.8 Å². The lowest BCUT2D eigenvalue weighted by atomic mass is 10.1. The van der Waals surface area contributed by atoms with Gasteiger partial charge in [-0.15, -0.1) is 0 Å². The summed E-state index contributed by atoms with van der Waals surface area (Å²) >= 11 is 0. The van der Waals surface area contributed by atoms with E-state index in [-0.39, 0.29) is 0 Å². The van der Waals surface area contributed by atoms with Crippen molar-refractivity contribution in [1.82, 2.24) is 0 Å². The fourth-order valence-corrected chi connectivity index (χ4v) is 1.82. The summed E-state index contributed by atoms with van der Waals surface area (Å²) in [5, 5.41) is 3.34. The fourth-order valence-electron chi connectivity index (χ4n) is 1.82. The minimum atomic E-state index is 0.584. The lowest BCUT2D eigenvalue weighted by Crippen LogP contribution is -2.12. The number of hydrogen-bond acceptors (Lipinski definition) is 3. The maximum atomic E-state index is 5.80. The second kappa shape index (κ2) is 6.14. The fraction of sp³-hybridized carbons (Fsp3) is 0.250. The number of nitrogens with two attached hydrogens (primary N) is 1. The van der Waals surface area contributed by atoms with E-state index in [0.29, 0.717) is 12.3 Å². The molecule has 3 N–H and O–H groups in total. The van der Waals surface area contributed by atoms with Crippen LogP contribution in [0.1, 0.15) is 11.1 Å². The van der Waals surface area contributed by atoms with Gasteiger partial charge in [-0.1, -0.05) is 18.2 Å². The lowest BCUT2D eigenvalue weighted by Gasteiger charge is -2.11. The lowest BCUT2D eigenvalue weighted by molar-refractivity contribution is 0.334. The minimum absolute atomic E-state index is 0.584. The van der Waals surface area contributed by atoms with Gasteiger partial charge in [-0.2, -0.15) is 0 Å². The van der Waals surface area contributed by atoms with Crippen LogP contribution in [0, 0.1) is 13.8 Å². The number of hydrogen-bond donors (Lipinski definition) is 2. The van der Waals surface area contributed by atoms with E-state index in [4.69, 9.17) is 10.5 Å². The summed E-state index contributed by atoms with van der Waals surface area (Å²) in [6.45, 7) is 5.56. The normalized spacial score (nSPS) is 10.2. The number of aryl methyl sites for hydroxylation is 2. The zero-order chi connectivity index (χ0) is 13.7. The number of ether oxygens (including phenoxy) is 1. The first-order chi connectivity index (χ1) is 9.16. The summed E-state index contributed by atoms with van der Waals surface area (Å²) in [4.78, 5) is 0. The largest absolute Gasteiger partial charge is 0.490 e. The van der Waals surface area contributed by atoms with Crippen LogP contribution in [0.5, 0.6) is 5.75 Å². The van der Waals surface area contributed by atoms with Crippen molar-refractivity contribution < 1.29 is 4.74 Å². The van der Waals surface area contributed by atoms with Crippen LogP contribution in [0.4, 0.5) is 11.4 Å². The molecule has 3 heteroatoms. The van der Waals surface area contributed by atoms with Crippen molar-refractivity contribution in [2.75, 3.05) is 24.2 Å². The molecule has 2 aromatic carbocycles. The Bertz CT molecular complexity index is 552. The Labute approximate surface area is 114 Å². The quantitative estimate of drug-likeness (QED) is 0.637. The number of anilines is 2. The minimum Gasteiger partial charge on any atom is -0.490 e. The molecule has 0 aliphatic carbocycles. The van der Waals surface area contributed by atoms with Crippen LogP contribution in [0.2, 0.25) is 0 Å². The van der Waals surface area contributed by atoms with Gasteiger partial charge in [0.05, 0.1) is 5.69 Å². The molecule has 0 aromatic heterocycles. The third kappa shape index (κ3) is 3.65. The second-order valence-electron chi connectivity index (χ2n) is 4.61. The summed E-state index contributed by atoms with van der Waals surface area (Å²) < 4.78 is 5.62. The maximum Gasteiger partial charge on any atom is 0.142 e. The predicted octanol–water partition coefficient (Wildman–Crippen LogP) is 3.38. The highest BCUT2D eigenvalue weighted by atomic mass is 16.5. The Morgan fingerprint density at radius 1 is 1.05 bits per heavy atom. The average molecular weight is 256 g/mol. The van der Waals surface area contributed by atoms with Crippen LogP contribution in [-0.2, 0) is 0 Å². The van der Waals surface area contributed by atoms with E-state index < -0.39 is 0 Å². The summed E-state index contributed by atoms with van der Waals surface area (Å²) in [6, 6.07) is 13.9. The number of nitrogens with one attached hydrogen (secondary N) is 1. The highest BCUT2D eigenvalue weighted by molar-refractivity contribution is 5.52. The molecular formula is C16H20N2O. The highest BCUT2D eigenvalue weighted by Crippen LogP contribution is 2.19. The van der Waals surface area contributed by atoms with Crippen molar-refractivity contribution in [3.63, 3.8) is 0 Å². The molecule has 0 saturated heterocycles. The summed E-state index contributed by atoms with van der Waals surface area (Å²) in [5.41, 5.74) is 10.2. The van der Waals surface area contributed by atoms with Gasteiger partial charge >= 0.3 is 0 Å². The molecule has 2 rings (SSSR count). The number of benzene rings is 2. The molecule has 0 heterocycles. The van der Waals surface area contributed by atoms with E-state index in [0.717, 1.165) is 18.0 Å². The SMILES string of the molecule is Cc1ccc(NCCOc2ccccc2N)cc1C. The van der Waals surface area contributed by atoms with E-state index in [2.05, 4.69) is 37.4 Å². The van der Waals surface area contributed by atoms with Crippen molar-refractivity contribution in [3.05, 3.63) is 53.6 Å². The van der Waals surface area contributed by atoms with Gasteiger partial charge in [0.1, 0.15) is 12.4 Å². The second-order valence-corrected chi connectivity index (χ2v) is 4.61. The van der Waals surface area contributed by atoms with Gasteiger partial charge in [-0.25, -0.2) is 0 Å². The Hall–Kier alpha value is -2.16. The van der Waals surface area contributed by atoms with E-state index in [9.17, 15) is 0 Å². The van der Waals surface area contributed by atoms with Crippen molar-refractivity contribution in [1.29, 1.82) is 0 Å². The zero-order valence-corrected chi connectivity index (χ0v) is 11.4. The predicted molar refractivity (Wildman–Crippen MR) is 80.8 cm³/mol. The molecule has 0 amide bonds. The molecule has 0 bridgehead atoms. The molecule has 0 aliphatic heterocycles. The first-order valence-corrected chi connectivity index (χ1v) is 6.45. The highest BCUT2D eigenvalue weighted by Gasteiger charge is 1.99. The van der Waals surface area contributed by atoms with Gasteiger partial charge in [-0.3, -0.25) is 0 Å². The van der Waals surface area contributed by atoms with E-state index in [1.165, 1.54) is 11.1 Å². The molecule has 0 atom stereocenters. The van der Waals surface area contributed by atoms with Crippen molar-refractivity contribution in [3.8, 4) is 5.75 Å². The molecule has 2 aromatic rings. The van der Waals surface area contributed by atoms with Crippen LogP contribution in [0.15, 0.2) is 42.5 Å². The van der Waals surface area contributed by atoms with Crippen LogP contribution in [0.25, 0.3) is 0 Å². The monoisotopic (exact) mass is 256 g/mol. The van der Waals surface area contributed by atoms with Gasteiger partial charge < -0.3 is 15.8 Å². The van der Waals surface area contributed by atoms with Gasteiger partial charge in [0, 0.05) is 12.2 Å². The Balaban J connectivity index is 1.81. The Morgan fingerprint density at radius 2 is 1.84 bits per heavy atom. The average Bonchev–Trinajstić information content (AvgIpc) is 2.40. The summed E-state index contributed by atoms with van der Waals surface area (Å²) in [6.07, 6.45) is 0. The molecule has 100 valence electrons. The maximum absolute atomic E-state index is 5.80. The molecule has 19 heavy (non-hydrogen) atoms. The van der Waals surface area contributed by atoms with E-state index >= 15 is 0 Å². The van der Waals surface area contributed by atoms with E-state index in [1.807, 2.05) is 24.3 Å². The summed E-state index contributed by atoms with van der Waals surface area (Å²) in [7, 11) is 0. The molecule has 0 aliphatic rings. The van der Waals surface area contributed by atoms with E-state index in [1.54, 1.807) is 0 Å². The molecule has 3 nitrogen and oxygen atoms in total. The Morgan fingerprint density at radius 3 is 2.58 bits per heavy atom. The van der Waals surface area contributed by atoms with Crippen LogP contribution >= 0.6 is 0 Å². The third-order valence-corrected chi connectivity index (χ3v) is 3.11. The zero-order valence-electron chi connectivity index (χ0n) is 11.4. The van der Waals surface area contributed by atoms with Gasteiger partial charge in [0.2, 0.25) is 0 Å². The molecular weight excluding hydrogens is 236 g/mol. The number of para-hydroxylation sites is 2. The smallest absolute Gasteiger partial charge is 0.142 e.